The topological polar surface area (TPSA) is 0 Å². The highest BCUT2D eigenvalue weighted by atomic mass is 79.9. The first-order chi connectivity index (χ1) is 13.3. The lowest BCUT2D eigenvalue weighted by Gasteiger charge is -2.08. The van der Waals surface area contributed by atoms with E-state index in [0.717, 1.165) is 4.47 Å². The molecule has 0 fully saturated rings. The van der Waals surface area contributed by atoms with Gasteiger partial charge in [-0.15, -0.1) is 0 Å². The van der Waals surface area contributed by atoms with E-state index in [0.29, 0.717) is 0 Å². The Labute approximate surface area is 167 Å². The summed E-state index contributed by atoms with van der Waals surface area (Å²) in [7, 11) is 0. The van der Waals surface area contributed by atoms with E-state index in [1.165, 1.54) is 43.8 Å². The van der Waals surface area contributed by atoms with Crippen LogP contribution in [0.2, 0.25) is 0 Å². The van der Waals surface area contributed by atoms with Gasteiger partial charge in [-0.3, -0.25) is 0 Å². The molecule has 5 aromatic carbocycles. The zero-order chi connectivity index (χ0) is 18.2. The molecule has 1 heteroatoms. The van der Waals surface area contributed by atoms with Gasteiger partial charge in [0.2, 0.25) is 0 Å². The molecule has 5 aromatic rings. The Morgan fingerprint density at radius 3 is 1.48 bits per heavy atom. The van der Waals surface area contributed by atoms with Crippen molar-refractivity contribution in [2.45, 2.75) is 0 Å². The van der Waals surface area contributed by atoms with Crippen LogP contribution >= 0.6 is 15.9 Å². The Morgan fingerprint density at radius 1 is 0.370 bits per heavy atom. The molecule has 0 atom stereocenters. The second-order valence-corrected chi connectivity index (χ2v) is 7.76. The van der Waals surface area contributed by atoms with Crippen molar-refractivity contribution in [2.24, 2.45) is 0 Å². The van der Waals surface area contributed by atoms with Crippen LogP contribution < -0.4 is 0 Å². The summed E-state index contributed by atoms with van der Waals surface area (Å²) in [6.45, 7) is 0. The largest absolute Gasteiger partial charge is 0.0616 e. The Bertz CT molecular complexity index is 1270. The van der Waals surface area contributed by atoms with Gasteiger partial charge in [0.1, 0.15) is 0 Å². The van der Waals surface area contributed by atoms with Crippen LogP contribution in [0.3, 0.4) is 0 Å². The molecule has 0 saturated carbocycles. The zero-order valence-corrected chi connectivity index (χ0v) is 16.3. The fourth-order valence-electron chi connectivity index (χ4n) is 3.62. The predicted octanol–water partition coefficient (Wildman–Crippen LogP) is 8.09. The van der Waals surface area contributed by atoms with E-state index in [4.69, 9.17) is 0 Å². The van der Waals surface area contributed by atoms with Crippen molar-refractivity contribution >= 4 is 37.5 Å². The highest BCUT2D eigenvalue weighted by Gasteiger charge is 2.03. The molecule has 128 valence electrons. The fraction of sp³-hybridized carbons (Fsp3) is 0. The lowest BCUT2D eigenvalue weighted by molar-refractivity contribution is 1.61. The van der Waals surface area contributed by atoms with Crippen molar-refractivity contribution < 1.29 is 0 Å². The van der Waals surface area contributed by atoms with E-state index in [2.05, 4.69) is 119 Å². The summed E-state index contributed by atoms with van der Waals surface area (Å²) in [4.78, 5) is 0. The molecule has 0 unspecified atom stereocenters. The maximum absolute atomic E-state index is 3.54. The molecule has 0 heterocycles. The van der Waals surface area contributed by atoms with Gasteiger partial charge in [-0.1, -0.05) is 94.8 Å². The molecule has 0 saturated heterocycles. The van der Waals surface area contributed by atoms with Gasteiger partial charge < -0.3 is 0 Å². The molecule has 0 bridgehead atoms. The molecule has 0 spiro atoms. The zero-order valence-electron chi connectivity index (χ0n) is 14.7. The van der Waals surface area contributed by atoms with E-state index in [1.807, 2.05) is 0 Å². The van der Waals surface area contributed by atoms with Crippen LogP contribution in [0.1, 0.15) is 0 Å². The van der Waals surface area contributed by atoms with Crippen LogP contribution in [0.25, 0.3) is 43.8 Å². The molecule has 5 rings (SSSR count). The molecule has 0 aliphatic carbocycles. The molecule has 27 heavy (non-hydrogen) atoms. The molecule has 0 aromatic heterocycles. The van der Waals surface area contributed by atoms with Gasteiger partial charge in [0, 0.05) is 4.47 Å². The van der Waals surface area contributed by atoms with Crippen LogP contribution in [-0.4, -0.2) is 0 Å². The Kier molecular flexibility index (Phi) is 4.03. The van der Waals surface area contributed by atoms with Crippen molar-refractivity contribution in [1.29, 1.82) is 0 Å². The molecular weight excluding hydrogens is 392 g/mol. The van der Waals surface area contributed by atoms with Gasteiger partial charge in [0.05, 0.1) is 0 Å². The standard InChI is InChI=1S/C26H17Br/c27-26-14-13-24-16-23(11-12-25(24)17-26)20-7-5-19(6-8-20)22-10-9-18-3-1-2-4-21(18)15-22/h1-17H. The van der Waals surface area contributed by atoms with Crippen LogP contribution in [-0.2, 0) is 0 Å². The molecular formula is C26H17Br. The van der Waals surface area contributed by atoms with Crippen molar-refractivity contribution in [1.82, 2.24) is 0 Å². The second kappa shape index (κ2) is 6.68. The molecule has 0 N–H and O–H groups in total. The summed E-state index contributed by atoms with van der Waals surface area (Å²) in [6.07, 6.45) is 0. The molecule has 0 nitrogen and oxygen atoms in total. The third-order valence-corrected chi connectivity index (χ3v) is 5.60. The minimum atomic E-state index is 1.11. The molecule has 0 aliphatic rings. The highest BCUT2D eigenvalue weighted by Crippen LogP contribution is 2.29. The fourth-order valence-corrected chi connectivity index (χ4v) is 4.00. The Morgan fingerprint density at radius 2 is 0.815 bits per heavy atom. The minimum Gasteiger partial charge on any atom is -0.0616 e. The summed E-state index contributed by atoms with van der Waals surface area (Å²) in [5, 5.41) is 5.07. The highest BCUT2D eigenvalue weighted by molar-refractivity contribution is 9.10. The average Bonchev–Trinajstić information content (AvgIpc) is 2.73. The molecule has 0 amide bonds. The molecule has 0 radical (unpaired) electrons. The van der Waals surface area contributed by atoms with E-state index < -0.39 is 0 Å². The number of benzene rings is 5. The Balaban J connectivity index is 1.51. The van der Waals surface area contributed by atoms with Gasteiger partial charge in [0.15, 0.2) is 0 Å². The third-order valence-electron chi connectivity index (χ3n) is 5.10. The monoisotopic (exact) mass is 408 g/mol. The van der Waals surface area contributed by atoms with Crippen molar-refractivity contribution in [3.63, 3.8) is 0 Å². The van der Waals surface area contributed by atoms with Crippen LogP contribution in [0.15, 0.2) is 108 Å². The van der Waals surface area contributed by atoms with Crippen LogP contribution in [0.4, 0.5) is 0 Å². The summed E-state index contributed by atoms with van der Waals surface area (Å²) in [6, 6.07) is 37.0. The predicted molar refractivity (Wildman–Crippen MR) is 120 cm³/mol. The number of rotatable bonds is 2. The van der Waals surface area contributed by atoms with E-state index in [-0.39, 0.29) is 0 Å². The maximum atomic E-state index is 3.54. The summed E-state index contributed by atoms with van der Waals surface area (Å²) in [5.41, 5.74) is 4.98. The summed E-state index contributed by atoms with van der Waals surface area (Å²) in [5.74, 6) is 0. The van der Waals surface area contributed by atoms with E-state index in [9.17, 15) is 0 Å². The Hall–Kier alpha value is -2.90. The van der Waals surface area contributed by atoms with Gasteiger partial charge in [0.25, 0.3) is 0 Å². The average molecular weight is 409 g/mol. The first-order valence-corrected chi connectivity index (χ1v) is 9.84. The third kappa shape index (κ3) is 3.15. The normalized spacial score (nSPS) is 11.1. The SMILES string of the molecule is Brc1ccc2cc(-c3ccc(-c4ccc5ccccc5c4)cc3)ccc2c1. The quantitative estimate of drug-likeness (QED) is 0.276. The van der Waals surface area contributed by atoms with Gasteiger partial charge in [-0.05, 0) is 68.1 Å². The lowest BCUT2D eigenvalue weighted by Crippen LogP contribution is -1.82. The lowest BCUT2D eigenvalue weighted by atomic mass is 9.97. The van der Waals surface area contributed by atoms with E-state index >= 15 is 0 Å². The number of halogens is 1. The van der Waals surface area contributed by atoms with E-state index in [1.54, 1.807) is 0 Å². The first kappa shape index (κ1) is 16.3. The molecule has 0 aliphatic heterocycles. The first-order valence-electron chi connectivity index (χ1n) is 9.05. The van der Waals surface area contributed by atoms with Crippen LogP contribution in [0.5, 0.6) is 0 Å². The van der Waals surface area contributed by atoms with Gasteiger partial charge >= 0.3 is 0 Å². The minimum absolute atomic E-state index is 1.11. The van der Waals surface area contributed by atoms with Crippen molar-refractivity contribution in [3.05, 3.63) is 108 Å². The van der Waals surface area contributed by atoms with Crippen molar-refractivity contribution in [3.8, 4) is 22.3 Å². The van der Waals surface area contributed by atoms with Gasteiger partial charge in [-0.25, -0.2) is 0 Å². The summed E-state index contributed by atoms with van der Waals surface area (Å²) < 4.78 is 1.11. The van der Waals surface area contributed by atoms with Crippen LogP contribution in [0, 0.1) is 0 Å². The van der Waals surface area contributed by atoms with Gasteiger partial charge in [-0.2, -0.15) is 0 Å². The second-order valence-electron chi connectivity index (χ2n) is 6.85. The maximum Gasteiger partial charge on any atom is 0.0181 e. The number of hydrogen-bond acceptors (Lipinski definition) is 0. The number of fused-ring (bicyclic) bond motifs is 2. The smallest absolute Gasteiger partial charge is 0.0181 e. The van der Waals surface area contributed by atoms with Crippen molar-refractivity contribution in [2.75, 3.05) is 0 Å². The summed E-state index contributed by atoms with van der Waals surface area (Å²) >= 11 is 3.54. The number of hydrogen-bond donors (Lipinski definition) is 0.